The first-order valence-electron chi connectivity index (χ1n) is 8.81. The Balaban J connectivity index is 1.85. The smallest absolute Gasteiger partial charge is 0.305 e. The van der Waals surface area contributed by atoms with Crippen molar-refractivity contribution in [1.29, 1.82) is 0 Å². The molecule has 6 heteroatoms. The van der Waals surface area contributed by atoms with E-state index in [9.17, 15) is 14.0 Å². The van der Waals surface area contributed by atoms with E-state index in [1.807, 2.05) is 31.2 Å². The molecule has 27 heavy (non-hydrogen) atoms. The summed E-state index contributed by atoms with van der Waals surface area (Å²) in [5.41, 5.74) is 2.60. The number of benzene rings is 2. The number of aliphatic carboxylic acids is 1. The van der Waals surface area contributed by atoms with Gasteiger partial charge in [-0.1, -0.05) is 35.9 Å². The second kappa shape index (κ2) is 7.88. The number of carboxylic acids is 1. The number of methoxy groups -OCH3 is 1. The maximum atomic E-state index is 14.7. The SMILES string of the molecule is COC1CC(CC(=O)O)N(C(=O)c2ccc(-c3ccc(C)cc3)cc2F)C1. The first kappa shape index (κ1) is 19.0. The Morgan fingerprint density at radius 2 is 1.85 bits per heavy atom. The Labute approximate surface area is 157 Å². The molecule has 1 amide bonds. The number of likely N-dealkylation sites (tertiary alicyclic amines) is 1. The molecule has 2 aromatic carbocycles. The molecule has 1 aliphatic heterocycles. The van der Waals surface area contributed by atoms with Crippen LogP contribution in [0.3, 0.4) is 0 Å². The second-order valence-corrected chi connectivity index (χ2v) is 6.86. The summed E-state index contributed by atoms with van der Waals surface area (Å²) < 4.78 is 20.0. The maximum absolute atomic E-state index is 14.7. The molecule has 0 spiro atoms. The van der Waals surface area contributed by atoms with Gasteiger partial charge in [0.1, 0.15) is 5.82 Å². The number of nitrogens with zero attached hydrogens (tertiary/aromatic N) is 1. The molecule has 0 radical (unpaired) electrons. The lowest BCUT2D eigenvalue weighted by atomic mass is 10.0. The molecule has 2 unspecified atom stereocenters. The van der Waals surface area contributed by atoms with Crippen molar-refractivity contribution in [3.8, 4) is 11.1 Å². The number of hydrogen-bond donors (Lipinski definition) is 1. The van der Waals surface area contributed by atoms with Gasteiger partial charge in [-0.3, -0.25) is 9.59 Å². The fraction of sp³-hybridized carbons (Fsp3) is 0.333. The van der Waals surface area contributed by atoms with Crippen LogP contribution in [0.25, 0.3) is 11.1 Å². The standard InChI is InChI=1S/C21H22FNO4/c1-13-3-5-14(6-4-13)15-7-8-18(19(22)9-15)21(26)23-12-17(27-2)10-16(23)11-20(24)25/h3-9,16-17H,10-12H2,1-2H3,(H,24,25). The fourth-order valence-electron chi connectivity index (χ4n) is 3.46. The molecule has 3 rings (SSSR count). The van der Waals surface area contributed by atoms with Gasteiger partial charge in [-0.25, -0.2) is 4.39 Å². The van der Waals surface area contributed by atoms with Gasteiger partial charge in [0.15, 0.2) is 0 Å². The maximum Gasteiger partial charge on any atom is 0.305 e. The Morgan fingerprint density at radius 3 is 2.44 bits per heavy atom. The largest absolute Gasteiger partial charge is 0.481 e. The Bertz CT molecular complexity index is 850. The highest BCUT2D eigenvalue weighted by atomic mass is 19.1. The van der Waals surface area contributed by atoms with Crippen LogP contribution in [0.2, 0.25) is 0 Å². The highest BCUT2D eigenvalue weighted by Crippen LogP contribution is 2.27. The summed E-state index contributed by atoms with van der Waals surface area (Å²) in [5, 5.41) is 9.09. The molecule has 2 aromatic rings. The predicted octanol–water partition coefficient (Wildman–Crippen LogP) is 3.51. The molecule has 5 nitrogen and oxygen atoms in total. The van der Waals surface area contributed by atoms with E-state index in [0.29, 0.717) is 12.0 Å². The first-order valence-corrected chi connectivity index (χ1v) is 8.81. The lowest BCUT2D eigenvalue weighted by Crippen LogP contribution is -2.37. The highest BCUT2D eigenvalue weighted by Gasteiger charge is 2.37. The van der Waals surface area contributed by atoms with Gasteiger partial charge < -0.3 is 14.7 Å². The third-order valence-corrected chi connectivity index (χ3v) is 4.96. The molecule has 1 heterocycles. The predicted molar refractivity (Wildman–Crippen MR) is 99.1 cm³/mol. The molecule has 1 saturated heterocycles. The number of amides is 1. The summed E-state index contributed by atoms with van der Waals surface area (Å²) in [7, 11) is 1.52. The minimum Gasteiger partial charge on any atom is -0.481 e. The van der Waals surface area contributed by atoms with Crippen molar-refractivity contribution >= 4 is 11.9 Å². The van der Waals surface area contributed by atoms with Gasteiger partial charge in [-0.15, -0.1) is 0 Å². The Hall–Kier alpha value is -2.73. The zero-order chi connectivity index (χ0) is 19.6. The molecule has 1 aliphatic rings. The topological polar surface area (TPSA) is 66.8 Å². The van der Waals surface area contributed by atoms with Gasteiger partial charge in [0.25, 0.3) is 5.91 Å². The third kappa shape index (κ3) is 4.17. The summed E-state index contributed by atoms with van der Waals surface area (Å²) in [5.74, 6) is -2.12. The molecule has 142 valence electrons. The van der Waals surface area contributed by atoms with Crippen molar-refractivity contribution in [3.63, 3.8) is 0 Å². The van der Waals surface area contributed by atoms with Crippen LogP contribution in [0.4, 0.5) is 4.39 Å². The van der Waals surface area contributed by atoms with E-state index in [2.05, 4.69) is 0 Å². The fourth-order valence-corrected chi connectivity index (χ4v) is 3.46. The van der Waals surface area contributed by atoms with Crippen LogP contribution in [0.5, 0.6) is 0 Å². The van der Waals surface area contributed by atoms with Crippen LogP contribution in [-0.4, -0.2) is 47.7 Å². The average molecular weight is 371 g/mol. The van der Waals surface area contributed by atoms with Crippen molar-refractivity contribution in [2.45, 2.75) is 31.9 Å². The summed E-state index contributed by atoms with van der Waals surface area (Å²) >= 11 is 0. The molecule has 2 atom stereocenters. The van der Waals surface area contributed by atoms with E-state index in [4.69, 9.17) is 9.84 Å². The minimum atomic E-state index is -0.996. The van der Waals surface area contributed by atoms with E-state index in [1.54, 1.807) is 6.07 Å². The number of hydrogen-bond acceptors (Lipinski definition) is 3. The molecular formula is C21H22FNO4. The van der Waals surface area contributed by atoms with Crippen molar-refractivity contribution in [2.75, 3.05) is 13.7 Å². The van der Waals surface area contributed by atoms with Crippen LogP contribution >= 0.6 is 0 Å². The van der Waals surface area contributed by atoms with Gasteiger partial charge in [0.2, 0.25) is 0 Å². The van der Waals surface area contributed by atoms with Crippen molar-refractivity contribution in [1.82, 2.24) is 4.90 Å². The number of halogens is 1. The van der Waals surface area contributed by atoms with Crippen LogP contribution in [-0.2, 0) is 9.53 Å². The molecule has 0 saturated carbocycles. The van der Waals surface area contributed by atoms with Crippen molar-refractivity contribution in [3.05, 3.63) is 59.4 Å². The lowest BCUT2D eigenvalue weighted by Gasteiger charge is -2.23. The minimum absolute atomic E-state index is 0.0574. The average Bonchev–Trinajstić information content (AvgIpc) is 3.04. The van der Waals surface area contributed by atoms with Gasteiger partial charge in [-0.05, 0) is 36.6 Å². The number of carbonyl (C=O) groups is 2. The summed E-state index contributed by atoms with van der Waals surface area (Å²) in [6.07, 6.45) is -0.0000746. The van der Waals surface area contributed by atoms with Crippen LogP contribution in [0.15, 0.2) is 42.5 Å². The zero-order valence-electron chi connectivity index (χ0n) is 15.3. The van der Waals surface area contributed by atoms with E-state index < -0.39 is 23.7 Å². The molecule has 1 N–H and O–H groups in total. The lowest BCUT2D eigenvalue weighted by molar-refractivity contribution is -0.137. The number of aryl methyl sites for hydroxylation is 1. The quantitative estimate of drug-likeness (QED) is 0.874. The molecular weight excluding hydrogens is 349 g/mol. The van der Waals surface area contributed by atoms with E-state index in [0.717, 1.165) is 11.1 Å². The number of carboxylic acid groups (broad SMARTS) is 1. The Morgan fingerprint density at radius 1 is 1.19 bits per heavy atom. The number of carbonyl (C=O) groups excluding carboxylic acids is 1. The van der Waals surface area contributed by atoms with Gasteiger partial charge in [0.05, 0.1) is 18.1 Å². The van der Waals surface area contributed by atoms with E-state index in [1.165, 1.54) is 24.1 Å². The second-order valence-electron chi connectivity index (χ2n) is 6.86. The van der Waals surface area contributed by atoms with Crippen molar-refractivity contribution < 1.29 is 23.8 Å². The molecule has 1 fully saturated rings. The van der Waals surface area contributed by atoms with Crippen molar-refractivity contribution in [2.24, 2.45) is 0 Å². The summed E-state index contributed by atoms with van der Waals surface area (Å²) in [4.78, 5) is 25.4. The molecule has 0 aliphatic carbocycles. The number of rotatable bonds is 5. The van der Waals surface area contributed by atoms with Gasteiger partial charge in [0, 0.05) is 19.7 Å². The zero-order valence-corrected chi connectivity index (χ0v) is 15.3. The van der Waals surface area contributed by atoms with Crippen LogP contribution in [0.1, 0.15) is 28.8 Å². The highest BCUT2D eigenvalue weighted by molar-refractivity contribution is 5.95. The Kier molecular flexibility index (Phi) is 5.56. The first-order chi connectivity index (χ1) is 12.9. The van der Waals surface area contributed by atoms with Gasteiger partial charge >= 0.3 is 5.97 Å². The summed E-state index contributed by atoms with van der Waals surface area (Å²) in [6.45, 7) is 2.23. The third-order valence-electron chi connectivity index (χ3n) is 4.96. The van der Waals surface area contributed by atoms with E-state index in [-0.39, 0.29) is 24.6 Å². The van der Waals surface area contributed by atoms with E-state index >= 15 is 0 Å². The monoisotopic (exact) mass is 371 g/mol. The number of ether oxygens (including phenoxy) is 1. The molecule has 0 bridgehead atoms. The molecule has 0 aromatic heterocycles. The van der Waals surface area contributed by atoms with Crippen LogP contribution < -0.4 is 0 Å². The van der Waals surface area contributed by atoms with Gasteiger partial charge in [-0.2, -0.15) is 0 Å². The normalized spacial score (nSPS) is 19.3. The van der Waals surface area contributed by atoms with Crippen LogP contribution in [0, 0.1) is 12.7 Å². The summed E-state index contributed by atoms with van der Waals surface area (Å²) in [6, 6.07) is 11.7.